The molecule has 12 heteroatoms. The minimum atomic E-state index is -6.44. The molecular weight excluding hydrogens is 323 g/mol. The molecule has 0 atom stereocenters. The molecule has 0 aliphatic heterocycles. The molecule has 0 fully saturated rings. The summed E-state index contributed by atoms with van der Waals surface area (Å²) in [6, 6.07) is 0. The molecule has 0 spiro atoms. The molecule has 0 amide bonds. The Labute approximate surface area is 118 Å². The summed E-state index contributed by atoms with van der Waals surface area (Å²) in [6.45, 7) is 0. The van der Waals surface area contributed by atoms with Crippen LogP contribution in [0.4, 0.5) is 36.6 Å². The number of imidazole rings is 1. The first-order valence-electron chi connectivity index (χ1n) is 5.60. The van der Waals surface area contributed by atoms with Crippen molar-refractivity contribution in [1.82, 2.24) is 19.9 Å². The lowest BCUT2D eigenvalue weighted by Crippen LogP contribution is -2.50. The molecule has 0 aliphatic rings. The summed E-state index contributed by atoms with van der Waals surface area (Å²) in [4.78, 5) is 13.3. The standard InChI is InChI=1S/C10H8F7N5/c1-22(2)6-4-5(18-3-19-6)21-7(20-4)8(11,12)9(13,14)10(15,16)17/h3H,1-2H3,(H,18,19,20,21). The lowest BCUT2D eigenvalue weighted by molar-refractivity contribution is -0.361. The van der Waals surface area contributed by atoms with Crippen molar-refractivity contribution >= 4 is 17.0 Å². The van der Waals surface area contributed by atoms with Crippen molar-refractivity contribution in [3.05, 3.63) is 12.2 Å². The molecule has 22 heavy (non-hydrogen) atoms. The Morgan fingerprint density at radius 2 is 1.59 bits per heavy atom. The number of aromatic amines is 1. The van der Waals surface area contributed by atoms with Crippen LogP contribution in [0.1, 0.15) is 5.82 Å². The third-order valence-electron chi connectivity index (χ3n) is 2.74. The molecule has 0 bridgehead atoms. The van der Waals surface area contributed by atoms with E-state index in [0.717, 1.165) is 6.33 Å². The first-order valence-corrected chi connectivity index (χ1v) is 5.60. The molecule has 1 N–H and O–H groups in total. The van der Waals surface area contributed by atoms with Crippen molar-refractivity contribution in [2.75, 3.05) is 19.0 Å². The minimum Gasteiger partial charge on any atom is -0.361 e. The van der Waals surface area contributed by atoms with Gasteiger partial charge < -0.3 is 9.88 Å². The van der Waals surface area contributed by atoms with Crippen molar-refractivity contribution in [2.24, 2.45) is 0 Å². The number of aromatic nitrogens is 4. The maximum atomic E-state index is 13.6. The summed E-state index contributed by atoms with van der Waals surface area (Å²) in [5.41, 5.74) is -0.730. The number of alkyl halides is 7. The fourth-order valence-electron chi connectivity index (χ4n) is 1.63. The van der Waals surface area contributed by atoms with Crippen molar-refractivity contribution < 1.29 is 30.7 Å². The van der Waals surface area contributed by atoms with Crippen LogP contribution >= 0.6 is 0 Å². The van der Waals surface area contributed by atoms with Crippen LogP contribution in [0.25, 0.3) is 11.2 Å². The molecule has 0 aromatic carbocycles. The third-order valence-corrected chi connectivity index (χ3v) is 2.74. The minimum absolute atomic E-state index is 0.00914. The van der Waals surface area contributed by atoms with E-state index in [2.05, 4.69) is 15.0 Å². The van der Waals surface area contributed by atoms with Crippen LogP contribution in [0, 0.1) is 0 Å². The number of hydrogen-bond donors (Lipinski definition) is 1. The van der Waals surface area contributed by atoms with E-state index in [1.54, 1.807) is 4.98 Å². The van der Waals surface area contributed by atoms with Crippen molar-refractivity contribution in [3.8, 4) is 0 Å². The third kappa shape index (κ3) is 2.22. The van der Waals surface area contributed by atoms with Gasteiger partial charge in [-0.3, -0.25) is 0 Å². The molecule has 0 saturated carbocycles. The number of hydrogen-bond acceptors (Lipinski definition) is 4. The summed E-state index contributed by atoms with van der Waals surface area (Å²) in [7, 11) is 2.93. The topological polar surface area (TPSA) is 57.7 Å². The highest BCUT2D eigenvalue weighted by atomic mass is 19.4. The van der Waals surface area contributed by atoms with E-state index in [1.165, 1.54) is 19.0 Å². The van der Waals surface area contributed by atoms with Crippen LogP contribution in [0.15, 0.2) is 6.33 Å². The zero-order valence-corrected chi connectivity index (χ0v) is 11.0. The Balaban J connectivity index is 2.63. The van der Waals surface area contributed by atoms with Gasteiger partial charge in [0.1, 0.15) is 11.8 Å². The summed E-state index contributed by atoms with van der Waals surface area (Å²) in [5.74, 6) is -13.7. The summed E-state index contributed by atoms with van der Waals surface area (Å²) >= 11 is 0. The molecule has 2 aromatic heterocycles. The number of anilines is 1. The smallest absolute Gasteiger partial charge is 0.361 e. The molecule has 2 rings (SSSR count). The Hall–Kier alpha value is -2.14. The second-order valence-corrected chi connectivity index (χ2v) is 4.52. The molecule has 122 valence electrons. The number of halogens is 7. The van der Waals surface area contributed by atoms with Crippen LogP contribution in [0.5, 0.6) is 0 Å². The van der Waals surface area contributed by atoms with Crippen LogP contribution in [0.3, 0.4) is 0 Å². The van der Waals surface area contributed by atoms with Gasteiger partial charge in [0.2, 0.25) is 0 Å². The predicted octanol–water partition coefficient (Wildman–Crippen LogP) is 2.71. The van der Waals surface area contributed by atoms with E-state index in [-0.39, 0.29) is 11.3 Å². The van der Waals surface area contributed by atoms with Gasteiger partial charge in [-0.1, -0.05) is 0 Å². The molecule has 2 heterocycles. The molecule has 0 aliphatic carbocycles. The lowest BCUT2D eigenvalue weighted by Gasteiger charge is -2.26. The predicted molar refractivity (Wildman–Crippen MR) is 60.9 cm³/mol. The molecule has 0 unspecified atom stereocenters. The van der Waals surface area contributed by atoms with Crippen molar-refractivity contribution in [3.63, 3.8) is 0 Å². The zero-order chi connectivity index (χ0) is 16.9. The van der Waals surface area contributed by atoms with Gasteiger partial charge in [0, 0.05) is 14.1 Å². The first-order chi connectivity index (χ1) is 9.89. The van der Waals surface area contributed by atoms with E-state index in [1.807, 2.05) is 0 Å². The highest BCUT2D eigenvalue weighted by Crippen LogP contribution is 2.51. The lowest BCUT2D eigenvalue weighted by atomic mass is 10.1. The van der Waals surface area contributed by atoms with Gasteiger partial charge in [-0.2, -0.15) is 30.7 Å². The zero-order valence-electron chi connectivity index (χ0n) is 11.0. The van der Waals surface area contributed by atoms with Crippen LogP contribution < -0.4 is 4.90 Å². The maximum Gasteiger partial charge on any atom is 0.460 e. The molecular formula is C10H8F7N5. The number of H-pyrrole nitrogens is 1. The molecule has 0 radical (unpaired) electrons. The largest absolute Gasteiger partial charge is 0.460 e. The van der Waals surface area contributed by atoms with Gasteiger partial charge in [-0.05, 0) is 0 Å². The SMILES string of the molecule is CN(C)c1ncnc2nc(C(F)(F)C(F)(F)C(F)(F)F)[nH]c12. The fraction of sp³-hybridized carbons (Fsp3) is 0.500. The van der Waals surface area contributed by atoms with Gasteiger partial charge in [0.25, 0.3) is 0 Å². The average molecular weight is 331 g/mol. The fourth-order valence-corrected chi connectivity index (χ4v) is 1.63. The Morgan fingerprint density at radius 1 is 1.00 bits per heavy atom. The highest BCUT2D eigenvalue weighted by molar-refractivity contribution is 5.83. The van der Waals surface area contributed by atoms with E-state index in [4.69, 9.17) is 0 Å². The normalized spacial score (nSPS) is 13.7. The summed E-state index contributed by atoms with van der Waals surface area (Å²) in [6.07, 6.45) is -5.52. The monoisotopic (exact) mass is 331 g/mol. The van der Waals surface area contributed by atoms with Crippen LogP contribution in [-0.4, -0.2) is 46.1 Å². The first kappa shape index (κ1) is 16.2. The maximum absolute atomic E-state index is 13.6. The number of nitrogens with one attached hydrogen (secondary N) is 1. The summed E-state index contributed by atoms with van der Waals surface area (Å²) in [5, 5.41) is 0. The Bertz CT molecular complexity index is 691. The van der Waals surface area contributed by atoms with Crippen LogP contribution in [0.2, 0.25) is 0 Å². The molecule has 0 saturated heterocycles. The highest BCUT2D eigenvalue weighted by Gasteiger charge is 2.75. The Kier molecular flexibility index (Phi) is 3.45. The number of nitrogens with zero attached hydrogens (tertiary/aromatic N) is 4. The summed E-state index contributed by atoms with van der Waals surface area (Å²) < 4.78 is 89.7. The molecule has 5 nitrogen and oxygen atoms in total. The van der Waals surface area contributed by atoms with E-state index in [0.29, 0.717) is 0 Å². The van der Waals surface area contributed by atoms with Crippen molar-refractivity contribution in [2.45, 2.75) is 18.0 Å². The van der Waals surface area contributed by atoms with Gasteiger partial charge in [0.15, 0.2) is 17.3 Å². The van der Waals surface area contributed by atoms with E-state index in [9.17, 15) is 30.7 Å². The quantitative estimate of drug-likeness (QED) is 0.879. The van der Waals surface area contributed by atoms with Gasteiger partial charge in [0.05, 0.1) is 0 Å². The van der Waals surface area contributed by atoms with Gasteiger partial charge in [-0.25, -0.2) is 15.0 Å². The number of fused-ring (bicyclic) bond motifs is 1. The second-order valence-electron chi connectivity index (χ2n) is 4.52. The van der Waals surface area contributed by atoms with Gasteiger partial charge >= 0.3 is 18.0 Å². The number of rotatable bonds is 3. The van der Waals surface area contributed by atoms with Gasteiger partial charge in [-0.15, -0.1) is 0 Å². The van der Waals surface area contributed by atoms with Crippen molar-refractivity contribution in [1.29, 1.82) is 0 Å². The molecule has 2 aromatic rings. The van der Waals surface area contributed by atoms with Crippen LogP contribution in [-0.2, 0) is 5.92 Å². The second kappa shape index (κ2) is 4.68. The Morgan fingerprint density at radius 3 is 2.09 bits per heavy atom. The average Bonchev–Trinajstić information content (AvgIpc) is 2.80. The van der Waals surface area contributed by atoms with E-state index >= 15 is 0 Å². The van der Waals surface area contributed by atoms with E-state index < -0.39 is 29.5 Å².